The molecule has 0 aromatic heterocycles. The summed E-state index contributed by atoms with van der Waals surface area (Å²) in [5, 5.41) is 12.4. The molecule has 8 heteroatoms. The Balaban J connectivity index is 1.66. The summed E-state index contributed by atoms with van der Waals surface area (Å²) in [7, 11) is 0. The van der Waals surface area contributed by atoms with Gasteiger partial charge < -0.3 is 15.3 Å². The predicted octanol–water partition coefficient (Wildman–Crippen LogP) is 3.71. The molecule has 2 amide bonds. The van der Waals surface area contributed by atoms with Gasteiger partial charge in [0, 0.05) is 19.5 Å². The lowest BCUT2D eigenvalue weighted by Gasteiger charge is -2.18. The molecule has 148 valence electrons. The van der Waals surface area contributed by atoms with Crippen molar-refractivity contribution < 1.29 is 27.9 Å². The van der Waals surface area contributed by atoms with Crippen molar-refractivity contribution in [2.75, 3.05) is 11.9 Å². The molecule has 1 aliphatic rings. The fourth-order valence-electron chi connectivity index (χ4n) is 3.15. The molecule has 2 aromatic rings. The fourth-order valence-corrected chi connectivity index (χ4v) is 3.15. The van der Waals surface area contributed by atoms with Crippen LogP contribution in [0.2, 0.25) is 0 Å². The average Bonchev–Trinajstić information content (AvgIpc) is 2.98. The second-order valence-electron chi connectivity index (χ2n) is 6.88. The van der Waals surface area contributed by atoms with Crippen LogP contribution in [0.4, 0.5) is 18.9 Å². The summed E-state index contributed by atoms with van der Waals surface area (Å²) in [6.45, 7) is 1.92. The summed E-state index contributed by atoms with van der Waals surface area (Å²) in [5.41, 5.74) is 0.678. The zero-order valence-electron chi connectivity index (χ0n) is 15.1. The van der Waals surface area contributed by atoms with Crippen molar-refractivity contribution in [2.45, 2.75) is 26.1 Å². The zero-order valence-corrected chi connectivity index (χ0v) is 15.1. The first kappa shape index (κ1) is 19.7. The average molecular weight is 392 g/mol. The van der Waals surface area contributed by atoms with Gasteiger partial charge in [-0.15, -0.1) is 0 Å². The van der Waals surface area contributed by atoms with Gasteiger partial charge in [-0.3, -0.25) is 9.59 Å². The SMILES string of the molecule is Cc1ccc(O)c(NC(=O)[C@H]2CC(=O)N(Cc3cccc(C(F)(F)F)c3)C2)c1. The minimum atomic E-state index is -4.46. The minimum Gasteiger partial charge on any atom is -0.506 e. The molecule has 1 atom stereocenters. The Morgan fingerprint density at radius 2 is 2.00 bits per heavy atom. The normalized spacial score (nSPS) is 17.1. The number of likely N-dealkylation sites (tertiary alicyclic amines) is 1. The highest BCUT2D eigenvalue weighted by Gasteiger charge is 2.35. The number of phenolic OH excluding ortho intramolecular Hbond substituents is 1. The first-order chi connectivity index (χ1) is 13.1. The van der Waals surface area contributed by atoms with Gasteiger partial charge in [-0.1, -0.05) is 18.2 Å². The van der Waals surface area contributed by atoms with Gasteiger partial charge in [-0.2, -0.15) is 13.2 Å². The number of alkyl halides is 3. The molecule has 1 aliphatic heterocycles. The van der Waals surface area contributed by atoms with E-state index in [1.54, 1.807) is 12.1 Å². The standard InChI is InChI=1S/C20H19F3N2O3/c1-12-5-6-17(26)16(7-12)24-19(28)14-9-18(27)25(11-14)10-13-3-2-4-15(8-13)20(21,22)23/h2-8,14,26H,9-11H2,1H3,(H,24,28)/t14-/m0/s1. The van der Waals surface area contributed by atoms with Crippen LogP contribution in [0.25, 0.3) is 0 Å². The maximum atomic E-state index is 12.8. The van der Waals surface area contributed by atoms with E-state index < -0.39 is 23.6 Å². The number of halogens is 3. The van der Waals surface area contributed by atoms with E-state index in [0.29, 0.717) is 5.56 Å². The second-order valence-corrected chi connectivity index (χ2v) is 6.88. The van der Waals surface area contributed by atoms with Crippen LogP contribution in [-0.2, 0) is 22.3 Å². The van der Waals surface area contributed by atoms with Gasteiger partial charge in [0.25, 0.3) is 0 Å². The number of hydrogen-bond donors (Lipinski definition) is 2. The van der Waals surface area contributed by atoms with E-state index in [9.17, 15) is 27.9 Å². The molecule has 3 rings (SSSR count). The molecule has 0 unspecified atom stereocenters. The first-order valence-corrected chi connectivity index (χ1v) is 8.68. The van der Waals surface area contributed by atoms with Crippen LogP contribution in [-0.4, -0.2) is 28.4 Å². The summed E-state index contributed by atoms with van der Waals surface area (Å²) >= 11 is 0. The van der Waals surface area contributed by atoms with Crippen molar-refractivity contribution in [3.8, 4) is 5.75 Å². The van der Waals surface area contributed by atoms with E-state index in [-0.39, 0.29) is 36.9 Å². The van der Waals surface area contributed by atoms with Gasteiger partial charge in [-0.25, -0.2) is 0 Å². The third-order valence-corrected chi connectivity index (χ3v) is 4.62. The monoisotopic (exact) mass is 392 g/mol. The lowest BCUT2D eigenvalue weighted by Crippen LogP contribution is -2.28. The molecule has 2 N–H and O–H groups in total. The summed E-state index contributed by atoms with van der Waals surface area (Å²) < 4.78 is 38.5. The van der Waals surface area contributed by atoms with Crippen molar-refractivity contribution in [3.63, 3.8) is 0 Å². The molecule has 0 radical (unpaired) electrons. The van der Waals surface area contributed by atoms with E-state index in [4.69, 9.17) is 0 Å². The Hall–Kier alpha value is -3.03. The van der Waals surface area contributed by atoms with Gasteiger partial charge in [0.1, 0.15) is 5.75 Å². The van der Waals surface area contributed by atoms with Crippen molar-refractivity contribution in [3.05, 3.63) is 59.2 Å². The van der Waals surface area contributed by atoms with Gasteiger partial charge >= 0.3 is 6.18 Å². The Bertz CT molecular complexity index is 912. The number of carbonyl (C=O) groups is 2. The molecule has 0 spiro atoms. The third kappa shape index (κ3) is 4.44. The number of anilines is 1. The van der Waals surface area contributed by atoms with E-state index in [2.05, 4.69) is 5.32 Å². The Morgan fingerprint density at radius 3 is 2.71 bits per heavy atom. The molecule has 1 saturated heterocycles. The molecule has 0 aliphatic carbocycles. The largest absolute Gasteiger partial charge is 0.506 e. The fraction of sp³-hybridized carbons (Fsp3) is 0.300. The topological polar surface area (TPSA) is 69.6 Å². The molecule has 0 bridgehead atoms. The molecule has 28 heavy (non-hydrogen) atoms. The zero-order chi connectivity index (χ0) is 20.5. The quantitative estimate of drug-likeness (QED) is 0.780. The lowest BCUT2D eigenvalue weighted by atomic mass is 10.1. The number of nitrogens with zero attached hydrogens (tertiary/aromatic N) is 1. The maximum Gasteiger partial charge on any atom is 0.416 e. The molecule has 2 aromatic carbocycles. The van der Waals surface area contributed by atoms with E-state index in [0.717, 1.165) is 17.7 Å². The van der Waals surface area contributed by atoms with Crippen LogP contribution < -0.4 is 5.32 Å². The number of hydrogen-bond acceptors (Lipinski definition) is 3. The molecule has 5 nitrogen and oxygen atoms in total. The van der Waals surface area contributed by atoms with Gasteiger partial charge in [0.2, 0.25) is 11.8 Å². The van der Waals surface area contributed by atoms with Crippen LogP contribution in [0.1, 0.15) is 23.1 Å². The van der Waals surface area contributed by atoms with Crippen LogP contribution in [0, 0.1) is 12.8 Å². The van der Waals surface area contributed by atoms with Crippen LogP contribution in [0.15, 0.2) is 42.5 Å². The number of amides is 2. The molecular formula is C20H19F3N2O3. The smallest absolute Gasteiger partial charge is 0.416 e. The Labute approximate surface area is 159 Å². The number of phenols is 1. The highest BCUT2D eigenvalue weighted by atomic mass is 19.4. The van der Waals surface area contributed by atoms with E-state index >= 15 is 0 Å². The second kappa shape index (κ2) is 7.53. The van der Waals surface area contributed by atoms with Crippen molar-refractivity contribution in [1.82, 2.24) is 4.90 Å². The molecule has 1 heterocycles. The number of carbonyl (C=O) groups excluding carboxylic acids is 2. The highest BCUT2D eigenvalue weighted by Crippen LogP contribution is 2.31. The first-order valence-electron chi connectivity index (χ1n) is 8.68. The van der Waals surface area contributed by atoms with Crippen LogP contribution in [0.3, 0.4) is 0 Å². The lowest BCUT2D eigenvalue weighted by molar-refractivity contribution is -0.137. The van der Waals surface area contributed by atoms with Crippen LogP contribution in [0.5, 0.6) is 5.75 Å². The summed E-state index contributed by atoms with van der Waals surface area (Å²) in [4.78, 5) is 26.1. The predicted molar refractivity (Wildman–Crippen MR) is 96.4 cm³/mol. The van der Waals surface area contributed by atoms with Gasteiger partial charge in [-0.05, 0) is 42.3 Å². The van der Waals surface area contributed by atoms with Gasteiger partial charge in [0.05, 0.1) is 17.2 Å². The number of benzene rings is 2. The van der Waals surface area contributed by atoms with Crippen molar-refractivity contribution in [2.24, 2.45) is 5.92 Å². The Kier molecular flexibility index (Phi) is 5.31. The Morgan fingerprint density at radius 1 is 1.25 bits per heavy atom. The number of rotatable bonds is 4. The van der Waals surface area contributed by atoms with Gasteiger partial charge in [0.15, 0.2) is 0 Å². The highest BCUT2D eigenvalue weighted by molar-refractivity contribution is 5.98. The van der Waals surface area contributed by atoms with E-state index in [1.165, 1.54) is 23.1 Å². The number of aryl methyl sites for hydroxylation is 1. The molecule has 1 fully saturated rings. The van der Waals surface area contributed by atoms with Crippen molar-refractivity contribution in [1.29, 1.82) is 0 Å². The van der Waals surface area contributed by atoms with Crippen LogP contribution >= 0.6 is 0 Å². The summed E-state index contributed by atoms with van der Waals surface area (Å²) in [6, 6.07) is 9.56. The maximum absolute atomic E-state index is 12.8. The molecular weight excluding hydrogens is 373 g/mol. The van der Waals surface area contributed by atoms with E-state index in [1.807, 2.05) is 6.92 Å². The summed E-state index contributed by atoms with van der Waals surface area (Å²) in [5.74, 6) is -1.44. The number of nitrogens with one attached hydrogen (secondary N) is 1. The third-order valence-electron chi connectivity index (χ3n) is 4.62. The minimum absolute atomic E-state index is 0.00221. The van der Waals surface area contributed by atoms with Crippen molar-refractivity contribution >= 4 is 17.5 Å². The molecule has 0 saturated carbocycles. The number of aromatic hydroxyl groups is 1. The summed E-state index contributed by atoms with van der Waals surface area (Å²) in [6.07, 6.45) is -4.49.